The van der Waals surface area contributed by atoms with Gasteiger partial charge in [0.2, 0.25) is 5.91 Å². The fraction of sp³-hybridized carbons (Fsp3) is 0.316. The van der Waals surface area contributed by atoms with Crippen LogP contribution in [0.25, 0.3) is 11.3 Å². The van der Waals surface area contributed by atoms with E-state index in [1.165, 1.54) is 4.90 Å². The van der Waals surface area contributed by atoms with Crippen LogP contribution in [0.2, 0.25) is 0 Å². The Bertz CT molecular complexity index is 977. The van der Waals surface area contributed by atoms with Crippen LogP contribution in [-0.2, 0) is 9.53 Å². The van der Waals surface area contributed by atoms with Gasteiger partial charge in [-0.2, -0.15) is 5.10 Å². The summed E-state index contributed by atoms with van der Waals surface area (Å²) in [6.45, 7) is 5.92. The highest BCUT2D eigenvalue weighted by molar-refractivity contribution is 6.02. The van der Waals surface area contributed by atoms with Crippen LogP contribution in [0.1, 0.15) is 11.1 Å². The molecule has 0 bridgehead atoms. The van der Waals surface area contributed by atoms with Gasteiger partial charge in [-0.25, -0.2) is 19.4 Å². The van der Waals surface area contributed by atoms with Gasteiger partial charge >= 0.3 is 0 Å². The van der Waals surface area contributed by atoms with Gasteiger partial charge in [-0.1, -0.05) is 6.07 Å². The molecule has 1 aliphatic rings. The highest BCUT2D eigenvalue weighted by atomic mass is 19.1. The summed E-state index contributed by atoms with van der Waals surface area (Å²) in [6.07, 6.45) is 1.55. The lowest BCUT2D eigenvalue weighted by atomic mass is 10.0. The highest BCUT2D eigenvalue weighted by Gasteiger charge is 2.27. The lowest BCUT2D eigenvalue weighted by Crippen LogP contribution is -2.42. The number of nitrogens with one attached hydrogen (secondary N) is 2. The van der Waals surface area contributed by atoms with E-state index in [-0.39, 0.29) is 23.9 Å². The summed E-state index contributed by atoms with van der Waals surface area (Å²) in [5.41, 5.74) is 4.17. The molecule has 2 N–H and O–H groups in total. The van der Waals surface area contributed by atoms with Gasteiger partial charge < -0.3 is 15.5 Å². The van der Waals surface area contributed by atoms with Gasteiger partial charge in [0.15, 0.2) is 17.5 Å². The number of anilines is 2. The molecule has 0 radical (unpaired) electrons. The van der Waals surface area contributed by atoms with Gasteiger partial charge in [0, 0.05) is 19.7 Å². The number of hydrogen-bond acceptors (Lipinski definition) is 7. The minimum atomic E-state index is -0.478. The van der Waals surface area contributed by atoms with Crippen LogP contribution < -0.4 is 15.6 Å². The molecule has 0 unspecified atom stereocenters. The summed E-state index contributed by atoms with van der Waals surface area (Å²) in [7, 11) is 3.16. The van der Waals surface area contributed by atoms with Gasteiger partial charge in [0.05, 0.1) is 37.2 Å². The Kier molecular flexibility index (Phi) is 6.13. The maximum absolute atomic E-state index is 15.0. The monoisotopic (exact) mass is 399 g/mol. The SMILES string of the molecule is C=N/C(=N\NC)c1ccc(-c2cnc3c(n2)N(CCOC)C(=O)CN3)c(C)c1F. The average molecular weight is 399 g/mol. The molecule has 0 spiro atoms. The normalized spacial score (nSPS) is 13.7. The number of hydrazone groups is 1. The second kappa shape index (κ2) is 8.74. The van der Waals surface area contributed by atoms with E-state index in [9.17, 15) is 4.79 Å². The second-order valence-corrected chi connectivity index (χ2v) is 6.24. The standard InChI is InChI=1S/C19H22FN7O2/c1-11-12(5-6-13(16(11)20)17(21-2)26-22-3)14-9-23-18-19(25-14)27(7-8-29-4)15(28)10-24-18/h5-6,9,22H,2,7-8,10H2,1,3-4H3,(H,23,24)/b26-17-. The molecule has 2 aromatic rings. The molecule has 3 rings (SSSR count). The number of amides is 1. The van der Waals surface area contributed by atoms with Gasteiger partial charge in [-0.15, -0.1) is 0 Å². The van der Waals surface area contributed by atoms with Crippen LogP contribution >= 0.6 is 0 Å². The van der Waals surface area contributed by atoms with Crippen molar-refractivity contribution < 1.29 is 13.9 Å². The number of carbonyl (C=O) groups is 1. The Balaban J connectivity index is 2.05. The minimum Gasteiger partial charge on any atom is -0.383 e. The Morgan fingerprint density at radius 2 is 2.28 bits per heavy atom. The fourth-order valence-electron chi connectivity index (χ4n) is 3.03. The molecule has 0 saturated carbocycles. The first-order chi connectivity index (χ1) is 14.0. The number of methoxy groups -OCH3 is 1. The summed E-state index contributed by atoms with van der Waals surface area (Å²) in [5.74, 6) is 0.429. The topological polar surface area (TPSA) is 104 Å². The first-order valence-electron chi connectivity index (χ1n) is 8.93. The van der Waals surface area contributed by atoms with Crippen molar-refractivity contribution >= 4 is 30.1 Å². The molecule has 9 nitrogen and oxygen atoms in total. The molecule has 10 heteroatoms. The smallest absolute Gasteiger partial charge is 0.247 e. The largest absolute Gasteiger partial charge is 0.383 e. The molecule has 1 aromatic carbocycles. The molecular formula is C19H22FN7O2. The molecule has 1 aliphatic heterocycles. The molecule has 0 fully saturated rings. The Morgan fingerprint density at radius 3 is 2.97 bits per heavy atom. The van der Waals surface area contributed by atoms with Crippen molar-refractivity contribution in [3.63, 3.8) is 0 Å². The lowest BCUT2D eigenvalue weighted by molar-refractivity contribution is -0.117. The van der Waals surface area contributed by atoms with Crippen molar-refractivity contribution in [3.05, 3.63) is 35.3 Å². The summed E-state index contributed by atoms with van der Waals surface area (Å²) in [6, 6.07) is 3.29. The van der Waals surface area contributed by atoms with E-state index >= 15 is 4.39 Å². The van der Waals surface area contributed by atoms with E-state index in [2.05, 4.69) is 37.5 Å². The third-order valence-electron chi connectivity index (χ3n) is 4.51. The number of fused-ring (bicyclic) bond motifs is 1. The van der Waals surface area contributed by atoms with Crippen LogP contribution in [0.15, 0.2) is 28.4 Å². The number of amidine groups is 1. The number of hydrogen-bond donors (Lipinski definition) is 2. The molecule has 1 amide bonds. The van der Waals surface area contributed by atoms with Crippen molar-refractivity contribution in [2.75, 3.05) is 44.1 Å². The van der Waals surface area contributed by atoms with E-state index in [4.69, 9.17) is 4.74 Å². The van der Waals surface area contributed by atoms with Crippen molar-refractivity contribution in [3.8, 4) is 11.3 Å². The fourth-order valence-corrected chi connectivity index (χ4v) is 3.03. The Morgan fingerprint density at radius 1 is 1.48 bits per heavy atom. The van der Waals surface area contributed by atoms with E-state index in [0.29, 0.717) is 41.6 Å². The predicted octanol–water partition coefficient (Wildman–Crippen LogP) is 1.58. The predicted molar refractivity (Wildman–Crippen MR) is 110 cm³/mol. The molecule has 1 aromatic heterocycles. The van der Waals surface area contributed by atoms with Gasteiger partial charge in [0.1, 0.15) is 5.82 Å². The minimum absolute atomic E-state index is 0.134. The number of carbonyl (C=O) groups excluding carboxylic acids is 1. The Hall–Kier alpha value is -3.40. The van der Waals surface area contributed by atoms with Crippen LogP contribution in [0.5, 0.6) is 0 Å². The van der Waals surface area contributed by atoms with Crippen LogP contribution in [-0.4, -0.2) is 62.3 Å². The summed E-state index contributed by atoms with van der Waals surface area (Å²) in [4.78, 5) is 26.5. The Labute approximate surface area is 167 Å². The zero-order valence-corrected chi connectivity index (χ0v) is 16.5. The third kappa shape index (κ3) is 3.92. The first-order valence-corrected chi connectivity index (χ1v) is 8.93. The summed E-state index contributed by atoms with van der Waals surface area (Å²) < 4.78 is 20.1. The van der Waals surface area contributed by atoms with E-state index in [1.54, 1.807) is 39.4 Å². The number of ether oxygens (including phenoxy) is 1. The molecule has 0 aliphatic carbocycles. The molecular weight excluding hydrogens is 377 g/mol. The number of halogens is 1. The van der Waals surface area contributed by atoms with Crippen molar-refractivity contribution in [2.24, 2.45) is 10.1 Å². The van der Waals surface area contributed by atoms with Crippen molar-refractivity contribution in [1.29, 1.82) is 0 Å². The third-order valence-corrected chi connectivity index (χ3v) is 4.51. The van der Waals surface area contributed by atoms with Crippen molar-refractivity contribution in [1.82, 2.24) is 15.4 Å². The van der Waals surface area contributed by atoms with E-state index < -0.39 is 5.82 Å². The zero-order chi connectivity index (χ0) is 21.0. The lowest BCUT2D eigenvalue weighted by Gasteiger charge is -2.28. The highest BCUT2D eigenvalue weighted by Crippen LogP contribution is 2.31. The molecule has 29 heavy (non-hydrogen) atoms. The molecule has 0 saturated heterocycles. The molecule has 0 atom stereocenters. The average Bonchev–Trinajstić information content (AvgIpc) is 2.73. The van der Waals surface area contributed by atoms with Gasteiger partial charge in [0.25, 0.3) is 0 Å². The number of aromatic nitrogens is 2. The van der Waals surface area contributed by atoms with E-state index in [1.807, 2.05) is 0 Å². The number of nitrogens with zero attached hydrogens (tertiary/aromatic N) is 5. The number of benzene rings is 1. The summed E-state index contributed by atoms with van der Waals surface area (Å²) in [5, 5.41) is 6.87. The summed E-state index contributed by atoms with van der Waals surface area (Å²) >= 11 is 0. The molecule has 2 heterocycles. The number of rotatable bonds is 6. The van der Waals surface area contributed by atoms with Crippen LogP contribution in [0, 0.1) is 12.7 Å². The second-order valence-electron chi connectivity index (χ2n) is 6.24. The maximum atomic E-state index is 15.0. The number of aliphatic imine (C=N–C) groups is 1. The molecule has 152 valence electrons. The van der Waals surface area contributed by atoms with Crippen LogP contribution in [0.4, 0.5) is 16.0 Å². The quantitative estimate of drug-likeness (QED) is 0.434. The van der Waals surface area contributed by atoms with E-state index in [0.717, 1.165) is 0 Å². The van der Waals surface area contributed by atoms with Gasteiger partial charge in [-0.3, -0.25) is 9.69 Å². The van der Waals surface area contributed by atoms with Gasteiger partial charge in [-0.05, 0) is 25.3 Å². The van der Waals surface area contributed by atoms with Crippen molar-refractivity contribution in [2.45, 2.75) is 6.92 Å². The maximum Gasteiger partial charge on any atom is 0.247 e. The first kappa shape index (κ1) is 20.3. The zero-order valence-electron chi connectivity index (χ0n) is 16.5. The van der Waals surface area contributed by atoms with Crippen LogP contribution in [0.3, 0.4) is 0 Å².